The van der Waals surface area contributed by atoms with Crippen LogP contribution in [0.25, 0.3) is 0 Å². The largest absolute Gasteiger partial charge is 0.350 e. The van der Waals surface area contributed by atoms with Crippen molar-refractivity contribution in [2.45, 2.75) is 59.0 Å². The Kier molecular flexibility index (Phi) is 8.22. The monoisotopic (exact) mass is 551 g/mol. The summed E-state index contributed by atoms with van der Waals surface area (Å²) in [5.41, 5.74) is 4.95. The first-order valence-electron chi connectivity index (χ1n) is 13.0. The number of nitrogens with one attached hydrogen (secondary N) is 3. The number of sulfone groups is 1. The number of carbonyl (C=O) groups is 1. The third-order valence-corrected chi connectivity index (χ3v) is 7.05. The van der Waals surface area contributed by atoms with Crippen LogP contribution in [0, 0.1) is 0 Å². The maximum atomic E-state index is 12.9. The predicted octanol–water partition coefficient (Wildman–Crippen LogP) is 4.15. The molecule has 3 N–H and O–H groups in total. The third kappa shape index (κ3) is 7.73. The zero-order valence-corrected chi connectivity index (χ0v) is 24.2. The molecule has 0 unspecified atom stereocenters. The number of nitrogens with zero attached hydrogens (tertiary/aromatic N) is 4. The minimum Gasteiger partial charge on any atom is -0.350 e. The number of pyridine rings is 1. The molecule has 2 aromatic heterocycles. The number of fused-ring (bicyclic) bond motifs is 1. The summed E-state index contributed by atoms with van der Waals surface area (Å²) in [5, 5.41) is 9.46. The van der Waals surface area contributed by atoms with E-state index in [0.29, 0.717) is 30.4 Å². The van der Waals surface area contributed by atoms with Gasteiger partial charge in [-0.1, -0.05) is 26.8 Å². The van der Waals surface area contributed by atoms with Gasteiger partial charge in [-0.05, 0) is 55.7 Å². The van der Waals surface area contributed by atoms with Crippen LogP contribution >= 0.6 is 0 Å². The molecule has 10 nitrogen and oxygen atoms in total. The van der Waals surface area contributed by atoms with Crippen LogP contribution in [0.2, 0.25) is 0 Å². The standard InChI is InChI=1S/C28H37N7O3S/c1-18(2)31-26(36)23-15-30-27(34-25(23)32-22-9-11-29-24(14-22)28(3,4)5)33-21-8-7-20-16-35(17-39(6,37)38)12-10-19(20)13-21/h7-9,11,13-15,18H,10,12,16-17H2,1-6H3,(H,31,36)(H2,29,30,32,33,34). The molecule has 1 aliphatic heterocycles. The van der Waals surface area contributed by atoms with Crippen molar-refractivity contribution in [3.05, 3.63) is 65.1 Å². The van der Waals surface area contributed by atoms with E-state index in [1.165, 1.54) is 12.5 Å². The SMILES string of the molecule is CC(C)NC(=O)c1cnc(Nc2ccc3c(c2)CCN(CS(C)(=O)=O)C3)nc1Nc1ccnc(C(C)(C)C)c1. The minimum atomic E-state index is -3.07. The smallest absolute Gasteiger partial charge is 0.256 e. The molecule has 39 heavy (non-hydrogen) atoms. The molecule has 1 aromatic carbocycles. The van der Waals surface area contributed by atoms with Crippen LogP contribution in [0.5, 0.6) is 0 Å². The number of anilines is 4. The topological polar surface area (TPSA) is 129 Å². The van der Waals surface area contributed by atoms with E-state index in [1.54, 1.807) is 6.20 Å². The molecular formula is C28H37N7O3S. The van der Waals surface area contributed by atoms with Gasteiger partial charge in [-0.2, -0.15) is 4.98 Å². The van der Waals surface area contributed by atoms with Crippen molar-refractivity contribution >= 4 is 38.9 Å². The zero-order chi connectivity index (χ0) is 28.4. The maximum absolute atomic E-state index is 12.9. The van der Waals surface area contributed by atoms with Gasteiger partial charge >= 0.3 is 0 Å². The molecule has 11 heteroatoms. The van der Waals surface area contributed by atoms with E-state index in [1.807, 2.05) is 49.1 Å². The summed E-state index contributed by atoms with van der Waals surface area (Å²) in [6.07, 6.45) is 5.26. The van der Waals surface area contributed by atoms with Gasteiger partial charge in [0.25, 0.3) is 5.91 Å². The number of carbonyl (C=O) groups excluding carboxylic acids is 1. The highest BCUT2D eigenvalue weighted by Crippen LogP contribution is 2.27. The van der Waals surface area contributed by atoms with Gasteiger partial charge in [0.05, 0.1) is 0 Å². The molecule has 0 aliphatic carbocycles. The predicted molar refractivity (Wildman–Crippen MR) is 154 cm³/mol. The summed E-state index contributed by atoms with van der Waals surface area (Å²) < 4.78 is 23.4. The quantitative estimate of drug-likeness (QED) is 0.378. The fourth-order valence-corrected chi connectivity index (χ4v) is 5.24. The normalized spacial score (nSPS) is 14.1. The first-order chi connectivity index (χ1) is 18.3. The summed E-state index contributed by atoms with van der Waals surface area (Å²) in [6, 6.07) is 9.72. The van der Waals surface area contributed by atoms with Crippen molar-refractivity contribution in [1.82, 2.24) is 25.2 Å². The van der Waals surface area contributed by atoms with Crippen molar-refractivity contribution in [2.75, 3.05) is 29.3 Å². The first-order valence-corrected chi connectivity index (χ1v) is 15.0. The fraction of sp³-hybridized carbons (Fsp3) is 0.429. The van der Waals surface area contributed by atoms with Gasteiger partial charge in [-0.15, -0.1) is 0 Å². The molecule has 3 heterocycles. The summed E-state index contributed by atoms with van der Waals surface area (Å²) in [7, 11) is -3.07. The Morgan fingerprint density at radius 2 is 1.79 bits per heavy atom. The van der Waals surface area contributed by atoms with E-state index in [2.05, 4.69) is 51.7 Å². The van der Waals surface area contributed by atoms with Crippen LogP contribution in [-0.4, -0.2) is 58.9 Å². The average Bonchev–Trinajstić information content (AvgIpc) is 2.82. The molecule has 1 amide bonds. The van der Waals surface area contributed by atoms with Crippen LogP contribution in [0.4, 0.5) is 23.1 Å². The number of aromatic nitrogens is 3. The van der Waals surface area contributed by atoms with E-state index in [-0.39, 0.29) is 23.2 Å². The Hall–Kier alpha value is -3.57. The Balaban J connectivity index is 1.59. The molecule has 208 valence electrons. The Morgan fingerprint density at radius 1 is 1.05 bits per heavy atom. The number of hydrogen-bond acceptors (Lipinski definition) is 9. The van der Waals surface area contributed by atoms with E-state index < -0.39 is 9.84 Å². The zero-order valence-electron chi connectivity index (χ0n) is 23.4. The minimum absolute atomic E-state index is 0.0413. The second kappa shape index (κ2) is 11.3. The Morgan fingerprint density at radius 3 is 2.49 bits per heavy atom. The van der Waals surface area contributed by atoms with Crippen LogP contribution in [-0.2, 0) is 28.2 Å². The average molecular weight is 552 g/mol. The van der Waals surface area contributed by atoms with Gasteiger partial charge in [0.15, 0.2) is 9.84 Å². The van der Waals surface area contributed by atoms with E-state index in [0.717, 1.165) is 34.6 Å². The lowest BCUT2D eigenvalue weighted by atomic mass is 9.91. The number of benzene rings is 1. The van der Waals surface area contributed by atoms with Crippen LogP contribution in [0.1, 0.15) is 61.8 Å². The number of hydrogen-bond donors (Lipinski definition) is 3. The van der Waals surface area contributed by atoms with Crippen LogP contribution in [0.15, 0.2) is 42.7 Å². The molecule has 0 spiro atoms. The fourth-order valence-electron chi connectivity index (χ4n) is 4.36. The molecule has 0 radical (unpaired) electrons. The molecule has 0 bridgehead atoms. The Labute approximate surface area is 230 Å². The summed E-state index contributed by atoms with van der Waals surface area (Å²) in [5.74, 6) is 0.516. The highest BCUT2D eigenvalue weighted by Gasteiger charge is 2.21. The van der Waals surface area contributed by atoms with E-state index >= 15 is 0 Å². The van der Waals surface area contributed by atoms with Gasteiger partial charge in [-0.25, -0.2) is 13.4 Å². The summed E-state index contributed by atoms with van der Waals surface area (Å²) in [6.45, 7) is 11.3. The van der Waals surface area contributed by atoms with Crippen molar-refractivity contribution in [1.29, 1.82) is 0 Å². The lowest BCUT2D eigenvalue weighted by molar-refractivity contribution is 0.0943. The van der Waals surface area contributed by atoms with Crippen molar-refractivity contribution in [2.24, 2.45) is 0 Å². The number of amides is 1. The van der Waals surface area contributed by atoms with Crippen LogP contribution in [0.3, 0.4) is 0 Å². The molecule has 0 atom stereocenters. The molecular weight excluding hydrogens is 514 g/mol. The van der Waals surface area contributed by atoms with Crippen LogP contribution < -0.4 is 16.0 Å². The lowest BCUT2D eigenvalue weighted by Crippen LogP contribution is -2.34. The third-order valence-electron chi connectivity index (χ3n) is 6.22. The second-order valence-corrected chi connectivity index (χ2v) is 13.5. The maximum Gasteiger partial charge on any atom is 0.256 e. The Bertz CT molecular complexity index is 1470. The summed E-state index contributed by atoms with van der Waals surface area (Å²) in [4.78, 5) is 28.4. The first kappa shape index (κ1) is 28.4. The number of rotatable bonds is 8. The molecule has 0 fully saturated rings. The van der Waals surface area contributed by atoms with Crippen molar-refractivity contribution < 1.29 is 13.2 Å². The van der Waals surface area contributed by atoms with Gasteiger partial charge < -0.3 is 16.0 Å². The highest BCUT2D eigenvalue weighted by molar-refractivity contribution is 7.90. The van der Waals surface area contributed by atoms with Crippen molar-refractivity contribution in [3.8, 4) is 0 Å². The van der Waals surface area contributed by atoms with Crippen molar-refractivity contribution in [3.63, 3.8) is 0 Å². The highest BCUT2D eigenvalue weighted by atomic mass is 32.2. The molecule has 4 rings (SSSR count). The van der Waals surface area contributed by atoms with Gasteiger partial charge in [-0.3, -0.25) is 14.7 Å². The van der Waals surface area contributed by atoms with Gasteiger partial charge in [0, 0.05) is 60.3 Å². The van der Waals surface area contributed by atoms with Gasteiger partial charge in [0.2, 0.25) is 5.95 Å². The molecule has 1 aliphatic rings. The molecule has 3 aromatic rings. The van der Waals surface area contributed by atoms with E-state index in [9.17, 15) is 13.2 Å². The van der Waals surface area contributed by atoms with Gasteiger partial charge in [0.1, 0.15) is 17.3 Å². The summed E-state index contributed by atoms with van der Waals surface area (Å²) >= 11 is 0. The second-order valence-electron chi connectivity index (χ2n) is 11.4. The molecule has 0 saturated heterocycles. The van der Waals surface area contributed by atoms with E-state index in [4.69, 9.17) is 0 Å². The lowest BCUT2D eigenvalue weighted by Gasteiger charge is -2.28. The molecule has 0 saturated carbocycles.